The predicted molar refractivity (Wildman–Crippen MR) is 105 cm³/mol. The lowest BCUT2D eigenvalue weighted by atomic mass is 9.88. The van der Waals surface area contributed by atoms with Gasteiger partial charge in [-0.1, -0.05) is 64.5 Å². The molecule has 1 fully saturated rings. The molecule has 2 aromatic carbocycles. The molecule has 0 unspecified atom stereocenters. The van der Waals surface area contributed by atoms with Crippen LogP contribution in [0.2, 0.25) is 0 Å². The third-order valence-corrected chi connectivity index (χ3v) is 4.71. The highest BCUT2D eigenvalue weighted by atomic mass is 79.9. The summed E-state index contributed by atoms with van der Waals surface area (Å²) in [5.41, 5.74) is 4.44. The molecule has 0 aromatic heterocycles. The van der Waals surface area contributed by atoms with E-state index in [4.69, 9.17) is 0 Å². The lowest BCUT2D eigenvalue weighted by molar-refractivity contribution is -0.133. The van der Waals surface area contributed by atoms with Gasteiger partial charge in [0.15, 0.2) is 0 Å². The average molecular weight is 412 g/mol. The Hall–Kier alpha value is -2.73. The van der Waals surface area contributed by atoms with Crippen LogP contribution in [0.5, 0.6) is 0 Å². The van der Waals surface area contributed by atoms with Crippen LogP contribution < -0.4 is 10.7 Å². The third kappa shape index (κ3) is 4.46. The summed E-state index contributed by atoms with van der Waals surface area (Å²) in [7, 11) is 0. The molecule has 132 valence electrons. The summed E-state index contributed by atoms with van der Waals surface area (Å²) < 4.78 is 1.01. The smallest absolute Gasteiger partial charge is 0.253 e. The molecule has 5 nitrogen and oxygen atoms in total. The standard InChI is InChI=1S/C20H18BrN3O2/c21-16-10-8-14(9-11-16)5-4-12-23-24-20(26)18-17(13-22-19(18)25)15-6-2-1-3-7-15/h1-12,17-18H,13H2,(H,22,25)(H,24,26)/b5-4+,23-12+/t17-,18+/m0/s1. The molecule has 2 atom stereocenters. The number of carbonyl (C=O) groups is 2. The molecule has 26 heavy (non-hydrogen) atoms. The van der Waals surface area contributed by atoms with Crippen molar-refractivity contribution in [3.8, 4) is 0 Å². The van der Waals surface area contributed by atoms with Crippen molar-refractivity contribution in [2.24, 2.45) is 11.0 Å². The first-order chi connectivity index (χ1) is 12.6. The van der Waals surface area contributed by atoms with Crippen LogP contribution in [0.25, 0.3) is 6.08 Å². The molecule has 0 saturated carbocycles. The molecule has 2 amide bonds. The zero-order chi connectivity index (χ0) is 18.4. The van der Waals surface area contributed by atoms with E-state index in [1.165, 1.54) is 6.21 Å². The van der Waals surface area contributed by atoms with E-state index in [2.05, 4.69) is 31.8 Å². The quantitative estimate of drug-likeness (QED) is 0.450. The van der Waals surface area contributed by atoms with Gasteiger partial charge >= 0.3 is 0 Å². The minimum atomic E-state index is -0.773. The normalized spacial score (nSPS) is 19.8. The first kappa shape index (κ1) is 18.1. The van der Waals surface area contributed by atoms with Crippen molar-refractivity contribution in [3.63, 3.8) is 0 Å². The van der Waals surface area contributed by atoms with E-state index in [0.29, 0.717) is 6.54 Å². The van der Waals surface area contributed by atoms with E-state index in [0.717, 1.165) is 15.6 Å². The number of carbonyl (C=O) groups excluding carboxylic acids is 2. The monoisotopic (exact) mass is 411 g/mol. The van der Waals surface area contributed by atoms with Gasteiger partial charge in [0, 0.05) is 23.1 Å². The highest BCUT2D eigenvalue weighted by molar-refractivity contribution is 9.10. The van der Waals surface area contributed by atoms with Gasteiger partial charge in [-0.05, 0) is 29.3 Å². The number of hydrogen-bond donors (Lipinski definition) is 2. The Balaban J connectivity index is 1.59. The summed E-state index contributed by atoms with van der Waals surface area (Å²) in [6.45, 7) is 0.452. The Bertz CT molecular complexity index is 832. The van der Waals surface area contributed by atoms with Crippen molar-refractivity contribution in [2.45, 2.75) is 5.92 Å². The summed E-state index contributed by atoms with van der Waals surface area (Å²) in [5, 5.41) is 6.67. The second kappa shape index (κ2) is 8.58. The fourth-order valence-corrected chi connectivity index (χ4v) is 3.14. The molecule has 1 aliphatic heterocycles. The molecular formula is C20H18BrN3O2. The molecule has 1 heterocycles. The maximum Gasteiger partial charge on any atom is 0.253 e. The van der Waals surface area contributed by atoms with Crippen LogP contribution in [0.1, 0.15) is 17.0 Å². The molecular weight excluding hydrogens is 394 g/mol. The van der Waals surface area contributed by atoms with Gasteiger partial charge in [-0.3, -0.25) is 9.59 Å². The van der Waals surface area contributed by atoms with Crippen LogP contribution in [0.15, 0.2) is 70.2 Å². The van der Waals surface area contributed by atoms with Crippen LogP contribution >= 0.6 is 15.9 Å². The van der Waals surface area contributed by atoms with Crippen LogP contribution in [0, 0.1) is 5.92 Å². The minimum absolute atomic E-state index is 0.183. The van der Waals surface area contributed by atoms with Crippen molar-refractivity contribution in [3.05, 3.63) is 76.3 Å². The minimum Gasteiger partial charge on any atom is -0.355 e. The second-order valence-electron chi connectivity index (χ2n) is 5.90. The fraction of sp³-hybridized carbons (Fsp3) is 0.150. The summed E-state index contributed by atoms with van der Waals surface area (Å²) in [6.07, 6.45) is 5.09. The van der Waals surface area contributed by atoms with Gasteiger partial charge in [-0.15, -0.1) is 0 Å². The summed E-state index contributed by atoms with van der Waals surface area (Å²) in [6, 6.07) is 17.4. The Morgan fingerprint density at radius 2 is 1.88 bits per heavy atom. The first-order valence-electron chi connectivity index (χ1n) is 8.23. The number of benzene rings is 2. The van der Waals surface area contributed by atoms with Gasteiger partial charge in [0.05, 0.1) is 0 Å². The molecule has 0 aliphatic carbocycles. The van der Waals surface area contributed by atoms with E-state index >= 15 is 0 Å². The summed E-state index contributed by atoms with van der Waals surface area (Å²) >= 11 is 3.38. The number of halogens is 1. The summed E-state index contributed by atoms with van der Waals surface area (Å²) in [4.78, 5) is 24.5. The van der Waals surface area contributed by atoms with Gasteiger partial charge in [0.1, 0.15) is 5.92 Å². The number of hydrazone groups is 1. The van der Waals surface area contributed by atoms with E-state index in [9.17, 15) is 9.59 Å². The predicted octanol–water partition coefficient (Wildman–Crippen LogP) is 3.09. The molecule has 2 N–H and O–H groups in total. The van der Waals surface area contributed by atoms with Gasteiger partial charge in [0.25, 0.3) is 5.91 Å². The maximum atomic E-state index is 12.4. The maximum absolute atomic E-state index is 12.4. The van der Waals surface area contributed by atoms with Crippen LogP contribution in [-0.4, -0.2) is 24.6 Å². The van der Waals surface area contributed by atoms with Crippen LogP contribution in [0.3, 0.4) is 0 Å². The number of nitrogens with one attached hydrogen (secondary N) is 2. The Kier molecular flexibility index (Phi) is 5.96. The summed E-state index contributed by atoms with van der Waals surface area (Å²) in [5.74, 6) is -1.62. The van der Waals surface area contributed by atoms with Crippen molar-refractivity contribution in [1.29, 1.82) is 0 Å². The first-order valence-corrected chi connectivity index (χ1v) is 9.02. The van der Waals surface area contributed by atoms with Gasteiger partial charge in [-0.2, -0.15) is 5.10 Å². The largest absolute Gasteiger partial charge is 0.355 e. The van der Waals surface area contributed by atoms with Gasteiger partial charge in [-0.25, -0.2) is 5.43 Å². The lowest BCUT2D eigenvalue weighted by Gasteiger charge is -2.15. The van der Waals surface area contributed by atoms with Crippen molar-refractivity contribution < 1.29 is 9.59 Å². The van der Waals surface area contributed by atoms with Crippen molar-refractivity contribution in [2.75, 3.05) is 6.54 Å². The molecule has 0 radical (unpaired) electrons. The van der Waals surface area contributed by atoms with E-state index in [1.807, 2.05) is 60.7 Å². The number of amides is 2. The molecule has 2 aromatic rings. The topological polar surface area (TPSA) is 70.6 Å². The molecule has 0 spiro atoms. The number of allylic oxidation sites excluding steroid dienone is 1. The average Bonchev–Trinajstić information content (AvgIpc) is 3.05. The van der Waals surface area contributed by atoms with E-state index in [-0.39, 0.29) is 11.8 Å². The number of rotatable bonds is 5. The van der Waals surface area contributed by atoms with Crippen molar-refractivity contribution in [1.82, 2.24) is 10.7 Å². The lowest BCUT2D eigenvalue weighted by Crippen LogP contribution is -2.34. The van der Waals surface area contributed by atoms with Crippen LogP contribution in [-0.2, 0) is 9.59 Å². The van der Waals surface area contributed by atoms with Gasteiger partial charge in [0.2, 0.25) is 5.91 Å². The zero-order valence-corrected chi connectivity index (χ0v) is 15.5. The zero-order valence-electron chi connectivity index (χ0n) is 13.9. The molecule has 6 heteroatoms. The molecule has 3 rings (SSSR count). The SMILES string of the molecule is O=C1NC[C@@H](c2ccccc2)[C@H]1C(=O)N/N=C/C=C/c1ccc(Br)cc1. The van der Waals surface area contributed by atoms with Gasteiger partial charge < -0.3 is 5.32 Å². The highest BCUT2D eigenvalue weighted by Gasteiger charge is 2.40. The number of nitrogens with zero attached hydrogens (tertiary/aromatic N) is 1. The highest BCUT2D eigenvalue weighted by Crippen LogP contribution is 2.28. The molecule has 0 bridgehead atoms. The second-order valence-corrected chi connectivity index (χ2v) is 6.82. The van der Waals surface area contributed by atoms with E-state index < -0.39 is 11.8 Å². The van der Waals surface area contributed by atoms with Crippen molar-refractivity contribution >= 4 is 40.0 Å². The molecule has 1 aliphatic rings. The van der Waals surface area contributed by atoms with Crippen LogP contribution in [0.4, 0.5) is 0 Å². The van der Waals surface area contributed by atoms with E-state index in [1.54, 1.807) is 6.08 Å². The fourth-order valence-electron chi connectivity index (χ4n) is 2.87. The molecule has 1 saturated heterocycles. The number of hydrogen-bond acceptors (Lipinski definition) is 3. The Morgan fingerprint density at radius 3 is 2.62 bits per heavy atom. The Morgan fingerprint density at radius 1 is 1.15 bits per heavy atom. The Labute approximate surface area is 160 Å². The third-order valence-electron chi connectivity index (χ3n) is 4.19.